The average molecular weight is 366 g/mol. The Balaban J connectivity index is 1.68. The SMILES string of the molecule is Cc1cccc2cc(CN[C@H]3CCCCNC3=O)c(-c3cccs3)nc12. The third-order valence-electron chi connectivity index (χ3n) is 4.96. The van der Waals surface area contributed by atoms with Crippen molar-refractivity contribution in [3.8, 4) is 10.6 Å². The van der Waals surface area contributed by atoms with Gasteiger partial charge in [0.2, 0.25) is 5.91 Å². The number of fused-ring (bicyclic) bond motifs is 1. The van der Waals surface area contributed by atoms with Crippen molar-refractivity contribution in [2.24, 2.45) is 0 Å². The molecule has 1 atom stereocenters. The van der Waals surface area contributed by atoms with Gasteiger partial charge >= 0.3 is 0 Å². The van der Waals surface area contributed by atoms with E-state index < -0.39 is 0 Å². The highest BCUT2D eigenvalue weighted by Gasteiger charge is 2.21. The second-order valence-corrected chi connectivity index (χ2v) is 7.79. The fourth-order valence-corrected chi connectivity index (χ4v) is 4.27. The lowest BCUT2D eigenvalue weighted by Crippen LogP contribution is -2.42. The van der Waals surface area contributed by atoms with Gasteiger partial charge in [0, 0.05) is 18.5 Å². The molecule has 4 nitrogen and oxygen atoms in total. The minimum absolute atomic E-state index is 0.116. The minimum Gasteiger partial charge on any atom is -0.355 e. The van der Waals surface area contributed by atoms with Gasteiger partial charge in [-0.2, -0.15) is 0 Å². The smallest absolute Gasteiger partial charge is 0.237 e. The number of hydrogen-bond donors (Lipinski definition) is 2. The van der Waals surface area contributed by atoms with E-state index in [2.05, 4.69) is 59.3 Å². The minimum atomic E-state index is -0.123. The largest absolute Gasteiger partial charge is 0.355 e. The van der Waals surface area contributed by atoms with Crippen LogP contribution in [-0.2, 0) is 11.3 Å². The monoisotopic (exact) mass is 365 g/mol. The Hall–Kier alpha value is -2.24. The molecular weight excluding hydrogens is 342 g/mol. The molecule has 3 heterocycles. The van der Waals surface area contributed by atoms with Crippen LogP contribution in [0.2, 0.25) is 0 Å². The summed E-state index contributed by atoms with van der Waals surface area (Å²) in [7, 11) is 0. The summed E-state index contributed by atoms with van der Waals surface area (Å²) in [6.07, 6.45) is 3.02. The van der Waals surface area contributed by atoms with Gasteiger partial charge in [0.05, 0.1) is 22.1 Å². The molecule has 2 N–H and O–H groups in total. The molecule has 0 unspecified atom stereocenters. The van der Waals surface area contributed by atoms with Crippen LogP contribution in [-0.4, -0.2) is 23.5 Å². The molecule has 134 valence electrons. The van der Waals surface area contributed by atoms with E-state index in [9.17, 15) is 4.79 Å². The zero-order chi connectivity index (χ0) is 17.9. The second-order valence-electron chi connectivity index (χ2n) is 6.84. The molecule has 1 aliphatic heterocycles. The number of thiophene rings is 1. The van der Waals surface area contributed by atoms with E-state index in [0.717, 1.165) is 52.8 Å². The van der Waals surface area contributed by atoms with E-state index in [0.29, 0.717) is 6.54 Å². The molecule has 0 bridgehead atoms. The van der Waals surface area contributed by atoms with Crippen molar-refractivity contribution in [3.63, 3.8) is 0 Å². The Labute approximate surface area is 157 Å². The van der Waals surface area contributed by atoms with E-state index in [1.54, 1.807) is 11.3 Å². The number of rotatable bonds is 4. The highest BCUT2D eigenvalue weighted by atomic mass is 32.1. The zero-order valence-corrected chi connectivity index (χ0v) is 15.7. The topological polar surface area (TPSA) is 54.0 Å². The maximum atomic E-state index is 12.2. The van der Waals surface area contributed by atoms with Crippen molar-refractivity contribution >= 4 is 28.1 Å². The Morgan fingerprint density at radius 1 is 1.27 bits per heavy atom. The summed E-state index contributed by atoms with van der Waals surface area (Å²) in [6, 6.07) is 12.5. The standard InChI is InChI=1S/C21H23N3OS/c1-14-6-4-7-15-12-16(13-23-17-8-2-3-10-22-21(17)25)20(24-19(14)15)18-9-5-11-26-18/h4-7,9,11-12,17,23H,2-3,8,10,13H2,1H3,(H,22,25)/t17-/m0/s1. The normalized spacial score (nSPS) is 17.9. The van der Waals surface area contributed by atoms with Gasteiger partial charge in [-0.1, -0.05) is 24.3 Å². The fourth-order valence-electron chi connectivity index (χ4n) is 3.52. The van der Waals surface area contributed by atoms with Crippen molar-refractivity contribution in [1.82, 2.24) is 15.6 Å². The maximum Gasteiger partial charge on any atom is 0.237 e. The van der Waals surface area contributed by atoms with E-state index in [-0.39, 0.29) is 11.9 Å². The summed E-state index contributed by atoms with van der Waals surface area (Å²) < 4.78 is 0. The number of nitrogens with zero attached hydrogens (tertiary/aromatic N) is 1. The molecule has 1 saturated heterocycles. The molecule has 0 saturated carbocycles. The third-order valence-corrected chi connectivity index (χ3v) is 5.83. The van der Waals surface area contributed by atoms with E-state index >= 15 is 0 Å². The molecule has 4 rings (SSSR count). The van der Waals surface area contributed by atoms with E-state index in [1.807, 2.05) is 0 Å². The van der Waals surface area contributed by atoms with Gasteiger partial charge in [0.25, 0.3) is 0 Å². The van der Waals surface area contributed by atoms with Gasteiger partial charge in [-0.15, -0.1) is 11.3 Å². The van der Waals surface area contributed by atoms with E-state index in [1.165, 1.54) is 5.56 Å². The molecular formula is C21H23N3OS. The number of nitrogens with one attached hydrogen (secondary N) is 2. The van der Waals surface area contributed by atoms with Crippen molar-refractivity contribution in [2.75, 3.05) is 6.54 Å². The predicted octanol–water partition coefficient (Wildman–Crippen LogP) is 4.03. The summed E-state index contributed by atoms with van der Waals surface area (Å²) in [4.78, 5) is 18.4. The Morgan fingerprint density at radius 3 is 3.04 bits per heavy atom. The first-order chi connectivity index (χ1) is 12.7. The number of hydrogen-bond acceptors (Lipinski definition) is 4. The van der Waals surface area contributed by atoms with Crippen LogP contribution in [0.4, 0.5) is 0 Å². The molecule has 5 heteroatoms. The quantitative estimate of drug-likeness (QED) is 0.734. The van der Waals surface area contributed by atoms with E-state index in [4.69, 9.17) is 4.98 Å². The number of benzene rings is 1. The molecule has 3 aromatic rings. The third kappa shape index (κ3) is 3.50. The number of aryl methyl sites for hydroxylation is 1. The number of carbonyl (C=O) groups is 1. The molecule has 1 amide bonds. The number of para-hydroxylation sites is 1. The molecule has 1 fully saturated rings. The van der Waals surface area contributed by atoms with Crippen LogP contribution in [0.15, 0.2) is 41.8 Å². The van der Waals surface area contributed by atoms with Crippen LogP contribution in [0.1, 0.15) is 30.4 Å². The highest BCUT2D eigenvalue weighted by Crippen LogP contribution is 2.30. The Kier molecular flexibility index (Phi) is 5.00. The summed E-state index contributed by atoms with van der Waals surface area (Å²) in [5.41, 5.74) is 4.39. The summed E-state index contributed by atoms with van der Waals surface area (Å²) in [6.45, 7) is 3.53. The zero-order valence-electron chi connectivity index (χ0n) is 14.9. The van der Waals surface area contributed by atoms with Gasteiger partial charge in [-0.25, -0.2) is 4.98 Å². The van der Waals surface area contributed by atoms with Crippen LogP contribution >= 0.6 is 11.3 Å². The van der Waals surface area contributed by atoms with Crippen molar-refractivity contribution in [3.05, 3.63) is 52.9 Å². The highest BCUT2D eigenvalue weighted by molar-refractivity contribution is 7.13. The number of carbonyl (C=O) groups excluding carboxylic acids is 1. The van der Waals surface area contributed by atoms with Crippen molar-refractivity contribution in [1.29, 1.82) is 0 Å². The van der Waals surface area contributed by atoms with Gasteiger partial charge in [-0.05, 0) is 54.8 Å². The van der Waals surface area contributed by atoms with Gasteiger partial charge in [0.1, 0.15) is 0 Å². The van der Waals surface area contributed by atoms with Gasteiger partial charge < -0.3 is 10.6 Å². The summed E-state index contributed by atoms with van der Waals surface area (Å²) >= 11 is 1.70. The van der Waals surface area contributed by atoms with Crippen LogP contribution in [0.25, 0.3) is 21.5 Å². The van der Waals surface area contributed by atoms with Crippen LogP contribution in [0.3, 0.4) is 0 Å². The first-order valence-corrected chi connectivity index (χ1v) is 10.0. The molecule has 0 spiro atoms. The van der Waals surface area contributed by atoms with Crippen molar-refractivity contribution in [2.45, 2.75) is 38.8 Å². The van der Waals surface area contributed by atoms with Crippen molar-refractivity contribution < 1.29 is 4.79 Å². The number of amides is 1. The number of aromatic nitrogens is 1. The molecule has 26 heavy (non-hydrogen) atoms. The molecule has 2 aromatic heterocycles. The lowest BCUT2D eigenvalue weighted by atomic mass is 10.0. The average Bonchev–Trinajstić information content (AvgIpc) is 3.10. The number of pyridine rings is 1. The Morgan fingerprint density at radius 2 is 2.19 bits per heavy atom. The Bertz CT molecular complexity index is 920. The molecule has 1 aliphatic rings. The first kappa shape index (κ1) is 17.2. The fraction of sp³-hybridized carbons (Fsp3) is 0.333. The first-order valence-electron chi connectivity index (χ1n) is 9.16. The second kappa shape index (κ2) is 7.56. The lowest BCUT2D eigenvalue weighted by Gasteiger charge is -2.17. The van der Waals surface area contributed by atoms with Crippen LogP contribution < -0.4 is 10.6 Å². The molecule has 0 radical (unpaired) electrons. The predicted molar refractivity (Wildman–Crippen MR) is 107 cm³/mol. The summed E-state index contributed by atoms with van der Waals surface area (Å²) in [5, 5.41) is 9.68. The lowest BCUT2D eigenvalue weighted by molar-refractivity contribution is -0.122. The van der Waals surface area contributed by atoms with Gasteiger partial charge in [-0.3, -0.25) is 4.79 Å². The molecule has 0 aliphatic carbocycles. The van der Waals surface area contributed by atoms with Crippen LogP contribution in [0, 0.1) is 6.92 Å². The maximum absolute atomic E-state index is 12.2. The summed E-state index contributed by atoms with van der Waals surface area (Å²) in [5.74, 6) is 0.116. The van der Waals surface area contributed by atoms with Crippen LogP contribution in [0.5, 0.6) is 0 Å². The molecule has 1 aromatic carbocycles. The van der Waals surface area contributed by atoms with Gasteiger partial charge in [0.15, 0.2) is 0 Å².